The second kappa shape index (κ2) is 7.84. The van der Waals surface area contributed by atoms with E-state index < -0.39 is 16.6 Å². The van der Waals surface area contributed by atoms with Crippen LogP contribution >= 0.6 is 0 Å². The molecule has 4 nitrogen and oxygen atoms in total. The molecule has 0 N–H and O–H groups in total. The average molecular weight is 493 g/mol. The Morgan fingerprint density at radius 3 is 2.03 bits per heavy atom. The van der Waals surface area contributed by atoms with Gasteiger partial charge < -0.3 is 18.0 Å². The Morgan fingerprint density at radius 1 is 0.939 bits per heavy atom. The van der Waals surface area contributed by atoms with Gasteiger partial charge in [-0.05, 0) is 67.8 Å². The lowest BCUT2D eigenvalue weighted by Crippen LogP contribution is -2.51. The normalized spacial score (nSPS) is 30.4. The number of epoxide rings is 1. The summed E-state index contributed by atoms with van der Waals surface area (Å²) in [6, 6.07) is 1.99. The smallest absolute Gasteiger partial charge is 0.277 e. The third-order valence-electron chi connectivity index (χ3n) is 9.07. The molecule has 0 spiro atoms. The standard InChI is InChI=1S/C27H48O4Si2/c1-23(2,3)32(10,11)29-21-18-25(7,8)27(26(9,19-21)31-27)16-14-20-15-17-28-22(20)30-33(12,13)24(4,5)6/h14-17,21H,18-19H2,1-13H3/b16-14+/t21-,26+,27-/m0/s1. The fraction of sp³-hybridized carbons (Fsp3) is 0.778. The molecular formula is C27H48O4Si2. The van der Waals surface area contributed by atoms with Crippen molar-refractivity contribution in [2.45, 2.75) is 129 Å². The van der Waals surface area contributed by atoms with Gasteiger partial charge in [0.15, 0.2) is 8.32 Å². The van der Waals surface area contributed by atoms with Crippen molar-refractivity contribution < 1.29 is 18.0 Å². The van der Waals surface area contributed by atoms with Crippen LogP contribution in [0, 0.1) is 5.41 Å². The Bertz CT molecular complexity index is 900. The van der Waals surface area contributed by atoms with Gasteiger partial charge in [-0.2, -0.15) is 0 Å². The van der Waals surface area contributed by atoms with Crippen LogP contribution in [0.2, 0.25) is 36.3 Å². The van der Waals surface area contributed by atoms with E-state index in [4.69, 9.17) is 18.0 Å². The molecule has 1 aromatic heterocycles. The van der Waals surface area contributed by atoms with E-state index in [9.17, 15) is 0 Å². The van der Waals surface area contributed by atoms with Gasteiger partial charge >= 0.3 is 0 Å². The third kappa shape index (κ3) is 4.70. The quantitative estimate of drug-likeness (QED) is 0.295. The minimum Gasteiger partial charge on any atom is -0.518 e. The van der Waals surface area contributed by atoms with Crippen molar-refractivity contribution in [2.75, 3.05) is 0 Å². The maximum atomic E-state index is 6.85. The summed E-state index contributed by atoms with van der Waals surface area (Å²) in [6.07, 6.45) is 8.31. The lowest BCUT2D eigenvalue weighted by molar-refractivity contribution is 0.0589. The summed E-state index contributed by atoms with van der Waals surface area (Å²) in [7, 11) is -3.81. The summed E-state index contributed by atoms with van der Waals surface area (Å²) in [6.45, 7) is 29.7. The highest BCUT2D eigenvalue weighted by atomic mass is 28.4. The maximum absolute atomic E-state index is 6.85. The number of fused-ring (bicyclic) bond motifs is 1. The number of hydrogen-bond donors (Lipinski definition) is 0. The van der Waals surface area contributed by atoms with E-state index in [1.54, 1.807) is 6.26 Å². The number of hydrogen-bond acceptors (Lipinski definition) is 4. The summed E-state index contributed by atoms with van der Waals surface area (Å²) >= 11 is 0. The molecule has 6 heteroatoms. The van der Waals surface area contributed by atoms with Gasteiger partial charge in [0.2, 0.25) is 0 Å². The SMILES string of the molecule is CC1(C)C[C@H](O[Si](C)(C)C(C)(C)C)C[C@@]2(C)O[C@@]12/C=C/c1ccoc1O[Si](C)(C)C(C)(C)C. The predicted molar refractivity (Wildman–Crippen MR) is 143 cm³/mol. The molecule has 2 fully saturated rings. The van der Waals surface area contributed by atoms with Gasteiger partial charge in [-0.25, -0.2) is 0 Å². The molecule has 0 aromatic carbocycles. The number of rotatable bonds is 6. The summed E-state index contributed by atoms with van der Waals surface area (Å²) in [5.74, 6) is 0.629. The van der Waals surface area contributed by atoms with Gasteiger partial charge in [-0.1, -0.05) is 55.4 Å². The maximum Gasteiger partial charge on any atom is 0.277 e. The van der Waals surface area contributed by atoms with Gasteiger partial charge in [0.05, 0.1) is 11.8 Å². The Balaban J connectivity index is 1.80. The van der Waals surface area contributed by atoms with E-state index >= 15 is 0 Å². The first-order valence-corrected chi connectivity index (χ1v) is 18.3. The number of furan rings is 1. The number of ether oxygens (including phenoxy) is 1. The van der Waals surface area contributed by atoms with Crippen LogP contribution in [0.5, 0.6) is 5.95 Å². The van der Waals surface area contributed by atoms with Crippen LogP contribution in [0.1, 0.15) is 80.7 Å². The van der Waals surface area contributed by atoms with E-state index in [1.807, 2.05) is 6.07 Å². The Labute approximate surface area is 204 Å². The summed E-state index contributed by atoms with van der Waals surface area (Å²) in [4.78, 5) is 0. The molecule has 1 saturated carbocycles. The molecule has 2 heterocycles. The summed E-state index contributed by atoms with van der Waals surface area (Å²) in [5.41, 5.74) is 0.456. The molecule has 188 valence electrons. The van der Waals surface area contributed by atoms with E-state index in [-0.39, 0.29) is 32.8 Å². The largest absolute Gasteiger partial charge is 0.518 e. The van der Waals surface area contributed by atoms with Crippen LogP contribution in [0.3, 0.4) is 0 Å². The van der Waals surface area contributed by atoms with Gasteiger partial charge in [-0.3, -0.25) is 0 Å². The topological polar surface area (TPSA) is 44.1 Å². The van der Waals surface area contributed by atoms with Crippen LogP contribution in [-0.2, 0) is 9.16 Å². The van der Waals surface area contributed by atoms with Gasteiger partial charge in [-0.15, -0.1) is 0 Å². The fourth-order valence-electron chi connectivity index (χ4n) is 4.82. The van der Waals surface area contributed by atoms with Gasteiger partial charge in [0.1, 0.15) is 11.2 Å². The van der Waals surface area contributed by atoms with Crippen molar-refractivity contribution in [3.05, 3.63) is 24.0 Å². The molecule has 0 amide bonds. The van der Waals surface area contributed by atoms with Crippen LogP contribution < -0.4 is 4.43 Å². The highest BCUT2D eigenvalue weighted by Crippen LogP contribution is 2.67. The van der Waals surface area contributed by atoms with Crippen molar-refractivity contribution in [3.63, 3.8) is 0 Å². The molecule has 1 aliphatic carbocycles. The fourth-order valence-corrected chi connectivity index (χ4v) is 7.11. The van der Waals surface area contributed by atoms with Crippen LogP contribution in [0.25, 0.3) is 6.08 Å². The van der Waals surface area contributed by atoms with Crippen molar-refractivity contribution in [1.82, 2.24) is 0 Å². The van der Waals surface area contributed by atoms with Crippen molar-refractivity contribution in [3.8, 4) is 5.95 Å². The van der Waals surface area contributed by atoms with E-state index in [0.717, 1.165) is 18.4 Å². The first kappa shape index (κ1) is 26.8. The zero-order chi connectivity index (χ0) is 25.3. The van der Waals surface area contributed by atoms with Crippen LogP contribution in [0.15, 0.2) is 22.8 Å². The zero-order valence-electron chi connectivity index (χ0n) is 23.4. The van der Waals surface area contributed by atoms with Crippen molar-refractivity contribution >= 4 is 22.7 Å². The minimum atomic E-state index is -1.98. The molecule has 0 bridgehead atoms. The minimum absolute atomic E-state index is 0.0340. The zero-order valence-corrected chi connectivity index (χ0v) is 25.4. The molecule has 3 rings (SSSR count). The van der Waals surface area contributed by atoms with E-state index in [0.29, 0.717) is 5.95 Å². The van der Waals surface area contributed by atoms with Crippen LogP contribution in [-0.4, -0.2) is 33.9 Å². The van der Waals surface area contributed by atoms with Crippen molar-refractivity contribution in [1.29, 1.82) is 0 Å². The van der Waals surface area contributed by atoms with Crippen molar-refractivity contribution in [2.24, 2.45) is 5.41 Å². The highest BCUT2D eigenvalue weighted by molar-refractivity contribution is 6.75. The molecule has 1 aliphatic heterocycles. The Hall–Kier alpha value is -0.826. The van der Waals surface area contributed by atoms with E-state index in [2.05, 4.69) is 101 Å². The molecular weight excluding hydrogens is 444 g/mol. The average Bonchev–Trinajstić information content (AvgIpc) is 2.97. The molecule has 33 heavy (non-hydrogen) atoms. The Kier molecular flexibility index (Phi) is 6.36. The lowest BCUT2D eigenvalue weighted by Gasteiger charge is -2.45. The Morgan fingerprint density at radius 2 is 1.52 bits per heavy atom. The van der Waals surface area contributed by atoms with Gasteiger partial charge in [0.25, 0.3) is 14.3 Å². The third-order valence-corrected chi connectivity index (χ3v) is 17.9. The molecule has 3 atom stereocenters. The van der Waals surface area contributed by atoms with E-state index in [1.165, 1.54) is 0 Å². The highest BCUT2D eigenvalue weighted by Gasteiger charge is 2.75. The van der Waals surface area contributed by atoms with Crippen LogP contribution in [0.4, 0.5) is 0 Å². The molecule has 0 unspecified atom stereocenters. The predicted octanol–water partition coefficient (Wildman–Crippen LogP) is 8.41. The lowest BCUT2D eigenvalue weighted by atomic mass is 9.63. The molecule has 2 aliphatic rings. The summed E-state index contributed by atoms with van der Waals surface area (Å²) in [5, 5.41) is 0.320. The van der Waals surface area contributed by atoms with Gasteiger partial charge in [0, 0.05) is 17.9 Å². The molecule has 0 radical (unpaired) electrons. The molecule has 1 saturated heterocycles. The second-order valence-electron chi connectivity index (χ2n) is 14.2. The summed E-state index contributed by atoms with van der Waals surface area (Å²) < 4.78 is 25.7. The monoisotopic (exact) mass is 492 g/mol. The first-order chi connectivity index (χ1) is 14.7. The molecule has 1 aromatic rings. The second-order valence-corrected chi connectivity index (χ2v) is 23.7. The first-order valence-electron chi connectivity index (χ1n) is 12.5.